The maximum Gasteiger partial charge on any atom is 0.319 e. The fourth-order valence-corrected chi connectivity index (χ4v) is 3.46. The molecular formula is C16H23N3O2. The molecule has 0 radical (unpaired) electrons. The molecular weight excluding hydrogens is 266 g/mol. The second kappa shape index (κ2) is 6.35. The smallest absolute Gasteiger partial charge is 0.319 e. The van der Waals surface area contributed by atoms with Crippen molar-refractivity contribution in [1.82, 2.24) is 10.6 Å². The number of nitrogens with one attached hydrogen (secondary N) is 3. The Balaban J connectivity index is 1.49. The summed E-state index contributed by atoms with van der Waals surface area (Å²) in [4.78, 5) is 12.1. The number of methoxy groups -OCH3 is 1. The van der Waals surface area contributed by atoms with Gasteiger partial charge < -0.3 is 20.7 Å². The van der Waals surface area contributed by atoms with Crippen LogP contribution in [-0.4, -0.2) is 32.3 Å². The molecule has 2 aliphatic rings. The largest absolute Gasteiger partial charge is 0.497 e. The molecule has 1 heterocycles. The quantitative estimate of drug-likeness (QED) is 0.799. The van der Waals surface area contributed by atoms with Gasteiger partial charge in [0.05, 0.1) is 7.11 Å². The van der Waals surface area contributed by atoms with Gasteiger partial charge in [0.2, 0.25) is 0 Å². The number of rotatable bonds is 3. The van der Waals surface area contributed by atoms with Crippen molar-refractivity contribution in [3.8, 4) is 5.75 Å². The molecule has 1 saturated carbocycles. The lowest BCUT2D eigenvalue weighted by molar-refractivity contribution is 0.224. The summed E-state index contributed by atoms with van der Waals surface area (Å²) in [5, 5.41) is 9.43. The van der Waals surface area contributed by atoms with Crippen molar-refractivity contribution in [3.05, 3.63) is 24.3 Å². The van der Waals surface area contributed by atoms with Crippen LogP contribution in [0.15, 0.2) is 24.3 Å². The minimum atomic E-state index is -0.116. The van der Waals surface area contributed by atoms with Crippen LogP contribution in [0.2, 0.25) is 0 Å². The van der Waals surface area contributed by atoms with Gasteiger partial charge in [0.15, 0.2) is 0 Å². The third kappa shape index (κ3) is 3.47. The minimum absolute atomic E-state index is 0.116. The molecule has 0 aromatic heterocycles. The van der Waals surface area contributed by atoms with Gasteiger partial charge in [-0.05, 0) is 68.5 Å². The zero-order chi connectivity index (χ0) is 14.7. The molecule has 1 unspecified atom stereocenters. The Labute approximate surface area is 125 Å². The van der Waals surface area contributed by atoms with Crippen LogP contribution in [0.4, 0.5) is 10.5 Å². The zero-order valence-electron chi connectivity index (χ0n) is 12.4. The van der Waals surface area contributed by atoms with Crippen LogP contribution in [0, 0.1) is 11.8 Å². The second-order valence-electron chi connectivity index (χ2n) is 6.02. The Morgan fingerprint density at radius 1 is 1.19 bits per heavy atom. The molecule has 5 nitrogen and oxygen atoms in total. The lowest BCUT2D eigenvalue weighted by Crippen LogP contribution is -2.42. The number of hydrogen-bond donors (Lipinski definition) is 3. The monoisotopic (exact) mass is 289 g/mol. The van der Waals surface area contributed by atoms with E-state index in [0.29, 0.717) is 6.04 Å². The van der Waals surface area contributed by atoms with Crippen LogP contribution in [-0.2, 0) is 0 Å². The number of fused-ring (bicyclic) bond motifs is 1. The molecule has 0 spiro atoms. The average Bonchev–Trinajstić information content (AvgIpc) is 2.95. The molecule has 1 aliphatic heterocycles. The normalized spacial score (nSPS) is 27.8. The summed E-state index contributed by atoms with van der Waals surface area (Å²) >= 11 is 0. The highest BCUT2D eigenvalue weighted by Gasteiger charge is 2.34. The van der Waals surface area contributed by atoms with Gasteiger partial charge in [-0.2, -0.15) is 0 Å². The molecule has 1 aliphatic carbocycles. The highest BCUT2D eigenvalue weighted by atomic mass is 16.5. The number of carbonyl (C=O) groups excluding carboxylic acids is 1. The molecule has 3 atom stereocenters. The standard InChI is InChI=1S/C16H23N3O2/c1-21-15-6-4-13(5-7-15)18-16(20)19-14-3-2-11-9-17-10-12(11)8-14/h4-7,11-12,14,17H,2-3,8-10H2,1H3,(H2,18,19,20)/t11-,12+,14?/m0/s1. The molecule has 21 heavy (non-hydrogen) atoms. The Hall–Kier alpha value is -1.75. The van der Waals surface area contributed by atoms with Gasteiger partial charge in [-0.15, -0.1) is 0 Å². The van der Waals surface area contributed by atoms with Gasteiger partial charge in [-0.1, -0.05) is 0 Å². The lowest BCUT2D eigenvalue weighted by Gasteiger charge is -2.31. The number of carbonyl (C=O) groups is 1. The van der Waals surface area contributed by atoms with Crippen LogP contribution in [0.1, 0.15) is 19.3 Å². The molecule has 5 heteroatoms. The summed E-state index contributed by atoms with van der Waals surface area (Å²) in [7, 11) is 1.63. The van der Waals surface area contributed by atoms with Crippen molar-refractivity contribution in [3.63, 3.8) is 0 Å². The van der Waals surface area contributed by atoms with E-state index in [0.717, 1.165) is 49.2 Å². The highest BCUT2D eigenvalue weighted by molar-refractivity contribution is 5.89. The summed E-state index contributed by atoms with van der Waals surface area (Å²) in [5.74, 6) is 2.32. The maximum absolute atomic E-state index is 12.1. The topological polar surface area (TPSA) is 62.4 Å². The summed E-state index contributed by atoms with van der Waals surface area (Å²) in [6, 6.07) is 7.54. The van der Waals surface area contributed by atoms with Crippen molar-refractivity contribution in [2.24, 2.45) is 11.8 Å². The maximum atomic E-state index is 12.1. The number of urea groups is 1. The van der Waals surface area contributed by atoms with Gasteiger partial charge in [-0.3, -0.25) is 0 Å². The Kier molecular flexibility index (Phi) is 4.29. The number of hydrogen-bond acceptors (Lipinski definition) is 3. The molecule has 3 rings (SSSR count). The van der Waals surface area contributed by atoms with E-state index in [1.54, 1.807) is 7.11 Å². The van der Waals surface area contributed by atoms with Gasteiger partial charge in [0.1, 0.15) is 5.75 Å². The van der Waals surface area contributed by atoms with Crippen LogP contribution in [0.5, 0.6) is 5.75 Å². The van der Waals surface area contributed by atoms with E-state index in [4.69, 9.17) is 4.74 Å². The molecule has 2 fully saturated rings. The van der Waals surface area contributed by atoms with Crippen molar-refractivity contribution >= 4 is 11.7 Å². The molecule has 114 valence electrons. The van der Waals surface area contributed by atoms with Crippen LogP contribution < -0.4 is 20.7 Å². The summed E-state index contributed by atoms with van der Waals surface area (Å²) in [6.45, 7) is 2.25. The van der Waals surface area contributed by atoms with E-state index in [9.17, 15) is 4.79 Å². The third-order valence-electron chi connectivity index (χ3n) is 4.64. The zero-order valence-corrected chi connectivity index (χ0v) is 12.4. The number of ether oxygens (including phenoxy) is 1. The molecule has 1 aromatic rings. The van der Waals surface area contributed by atoms with Gasteiger partial charge in [-0.25, -0.2) is 4.79 Å². The summed E-state index contributed by atoms with van der Waals surface area (Å²) in [6.07, 6.45) is 3.39. The van der Waals surface area contributed by atoms with E-state index < -0.39 is 0 Å². The van der Waals surface area contributed by atoms with Crippen molar-refractivity contribution in [2.75, 3.05) is 25.5 Å². The molecule has 1 saturated heterocycles. The van der Waals surface area contributed by atoms with E-state index in [1.807, 2.05) is 24.3 Å². The first-order valence-electron chi connectivity index (χ1n) is 7.67. The predicted molar refractivity (Wildman–Crippen MR) is 82.6 cm³/mol. The van der Waals surface area contributed by atoms with E-state index in [1.165, 1.54) is 6.42 Å². The van der Waals surface area contributed by atoms with Crippen LogP contribution in [0.3, 0.4) is 0 Å². The molecule has 2 amide bonds. The molecule has 3 N–H and O–H groups in total. The fourth-order valence-electron chi connectivity index (χ4n) is 3.46. The minimum Gasteiger partial charge on any atom is -0.497 e. The third-order valence-corrected chi connectivity index (χ3v) is 4.64. The first kappa shape index (κ1) is 14.2. The molecule has 0 bridgehead atoms. The SMILES string of the molecule is COc1ccc(NC(=O)NC2CC[C@H]3CNC[C@H]3C2)cc1. The highest BCUT2D eigenvalue weighted by Crippen LogP contribution is 2.32. The van der Waals surface area contributed by atoms with Crippen LogP contribution in [0.25, 0.3) is 0 Å². The van der Waals surface area contributed by atoms with E-state index in [-0.39, 0.29) is 6.03 Å². The second-order valence-corrected chi connectivity index (χ2v) is 6.02. The number of benzene rings is 1. The van der Waals surface area contributed by atoms with Gasteiger partial charge in [0.25, 0.3) is 0 Å². The number of anilines is 1. The first-order chi connectivity index (χ1) is 10.2. The van der Waals surface area contributed by atoms with E-state index in [2.05, 4.69) is 16.0 Å². The van der Waals surface area contributed by atoms with Gasteiger partial charge in [0, 0.05) is 11.7 Å². The van der Waals surface area contributed by atoms with E-state index >= 15 is 0 Å². The molecule has 1 aromatic carbocycles. The van der Waals surface area contributed by atoms with Crippen molar-refractivity contribution < 1.29 is 9.53 Å². The Morgan fingerprint density at radius 3 is 2.71 bits per heavy atom. The van der Waals surface area contributed by atoms with Gasteiger partial charge >= 0.3 is 6.03 Å². The summed E-state index contributed by atoms with van der Waals surface area (Å²) in [5.41, 5.74) is 0.782. The predicted octanol–water partition coefficient (Wildman–Crippen LogP) is 2.20. The fraction of sp³-hybridized carbons (Fsp3) is 0.562. The summed E-state index contributed by atoms with van der Waals surface area (Å²) < 4.78 is 5.10. The lowest BCUT2D eigenvalue weighted by atomic mass is 9.79. The van der Waals surface area contributed by atoms with Crippen molar-refractivity contribution in [2.45, 2.75) is 25.3 Å². The Bertz CT molecular complexity index is 489. The Morgan fingerprint density at radius 2 is 1.95 bits per heavy atom. The van der Waals surface area contributed by atoms with Crippen molar-refractivity contribution in [1.29, 1.82) is 0 Å². The van der Waals surface area contributed by atoms with Crippen LogP contribution >= 0.6 is 0 Å². The first-order valence-corrected chi connectivity index (χ1v) is 7.67. The number of amides is 2. The average molecular weight is 289 g/mol.